The van der Waals surface area contributed by atoms with Crippen LogP contribution in [-0.2, 0) is 21.0 Å². The van der Waals surface area contributed by atoms with Crippen LogP contribution in [-0.4, -0.2) is 38.1 Å². The minimum atomic E-state index is -3.26. The summed E-state index contributed by atoms with van der Waals surface area (Å²) in [6.07, 6.45) is 0.945. The Bertz CT molecular complexity index is 654. The minimum absolute atomic E-state index is 0.0787. The molecule has 1 aromatic carbocycles. The molecule has 0 aromatic heterocycles. The summed E-state index contributed by atoms with van der Waals surface area (Å²) in [4.78, 5) is 0.223. The van der Waals surface area contributed by atoms with Gasteiger partial charge in [0, 0.05) is 18.8 Å². The van der Waals surface area contributed by atoms with Gasteiger partial charge < -0.3 is 10.5 Å². The summed E-state index contributed by atoms with van der Waals surface area (Å²) in [7, 11) is -1.71. The summed E-state index contributed by atoms with van der Waals surface area (Å²) < 4.78 is 30.3. The molecule has 0 heterocycles. The molecule has 0 amide bonds. The van der Waals surface area contributed by atoms with Crippen LogP contribution >= 0.6 is 12.2 Å². The van der Waals surface area contributed by atoms with Gasteiger partial charge in [-0.3, -0.25) is 0 Å². The first-order valence-corrected chi connectivity index (χ1v) is 9.56. The van der Waals surface area contributed by atoms with Crippen LogP contribution in [0, 0.1) is 5.41 Å². The highest BCUT2D eigenvalue weighted by molar-refractivity contribution is 7.92. The Morgan fingerprint density at radius 1 is 1.32 bits per heavy atom. The molecule has 122 valence electrons. The van der Waals surface area contributed by atoms with Gasteiger partial charge in [-0.25, -0.2) is 8.42 Å². The second-order valence-corrected chi connectivity index (χ2v) is 8.63. The fraction of sp³-hybridized carbons (Fsp3) is 0.562. The lowest BCUT2D eigenvalue weighted by Crippen LogP contribution is -2.33. The molecule has 0 aliphatic heterocycles. The van der Waals surface area contributed by atoms with Crippen molar-refractivity contribution in [1.29, 1.82) is 0 Å². The number of hydrogen-bond donors (Lipinski definition) is 1. The van der Waals surface area contributed by atoms with E-state index in [1.54, 1.807) is 14.0 Å². The van der Waals surface area contributed by atoms with E-state index in [0.717, 1.165) is 12.0 Å². The molecule has 0 bridgehead atoms. The fourth-order valence-electron chi connectivity index (χ4n) is 3.32. The average Bonchev–Trinajstić information content (AvgIpc) is 3.19. The summed E-state index contributed by atoms with van der Waals surface area (Å²) in [5, 5.41) is -0.588. The SMILES string of the molecule is CCc1ccc([C@@H]2[C@@H](S(=O)(=O)CC)[C@@]2(COC)C(N)=S)cc1. The topological polar surface area (TPSA) is 69.4 Å². The molecule has 0 saturated heterocycles. The number of rotatable bonds is 7. The molecule has 1 fully saturated rings. The van der Waals surface area contributed by atoms with Gasteiger partial charge in [-0.15, -0.1) is 0 Å². The van der Waals surface area contributed by atoms with E-state index in [1.807, 2.05) is 24.3 Å². The minimum Gasteiger partial charge on any atom is -0.393 e. The third kappa shape index (κ3) is 2.68. The molecule has 0 unspecified atom stereocenters. The number of ether oxygens (including phenoxy) is 1. The number of hydrogen-bond acceptors (Lipinski definition) is 4. The Morgan fingerprint density at radius 2 is 1.91 bits per heavy atom. The number of benzene rings is 1. The van der Waals surface area contributed by atoms with Crippen molar-refractivity contribution >= 4 is 27.0 Å². The van der Waals surface area contributed by atoms with E-state index in [1.165, 1.54) is 5.56 Å². The second-order valence-electron chi connectivity index (χ2n) is 5.78. The van der Waals surface area contributed by atoms with E-state index in [0.29, 0.717) is 0 Å². The van der Waals surface area contributed by atoms with Crippen molar-refractivity contribution in [3.8, 4) is 0 Å². The van der Waals surface area contributed by atoms with Gasteiger partial charge in [-0.2, -0.15) is 0 Å². The lowest BCUT2D eigenvalue weighted by Gasteiger charge is -2.15. The molecule has 3 atom stereocenters. The lowest BCUT2D eigenvalue weighted by atomic mass is 9.98. The Hall–Kier alpha value is -0.980. The van der Waals surface area contributed by atoms with E-state index in [9.17, 15) is 8.42 Å². The summed E-state index contributed by atoms with van der Waals surface area (Å²) in [6, 6.07) is 8.02. The third-order valence-electron chi connectivity index (χ3n) is 4.63. The number of methoxy groups -OCH3 is 1. The molecule has 2 N–H and O–H groups in total. The van der Waals surface area contributed by atoms with Crippen LogP contribution in [0.25, 0.3) is 0 Å². The maximum atomic E-state index is 12.5. The van der Waals surface area contributed by atoms with Crippen molar-refractivity contribution in [2.75, 3.05) is 19.5 Å². The lowest BCUT2D eigenvalue weighted by molar-refractivity contribution is 0.166. The number of aryl methyl sites for hydroxylation is 1. The first-order chi connectivity index (χ1) is 10.3. The van der Waals surface area contributed by atoms with E-state index < -0.39 is 20.5 Å². The Balaban J connectivity index is 2.48. The van der Waals surface area contributed by atoms with Gasteiger partial charge in [0.25, 0.3) is 0 Å². The van der Waals surface area contributed by atoms with Crippen LogP contribution in [0.4, 0.5) is 0 Å². The van der Waals surface area contributed by atoms with Crippen LogP contribution in [0.2, 0.25) is 0 Å². The maximum Gasteiger partial charge on any atom is 0.154 e. The largest absolute Gasteiger partial charge is 0.393 e. The zero-order valence-electron chi connectivity index (χ0n) is 13.2. The Kier molecular flexibility index (Phi) is 4.94. The van der Waals surface area contributed by atoms with Crippen molar-refractivity contribution in [2.45, 2.75) is 31.4 Å². The molecular formula is C16H23NO3S2. The molecule has 1 aliphatic rings. The molecule has 1 saturated carbocycles. The van der Waals surface area contributed by atoms with Crippen LogP contribution in [0.5, 0.6) is 0 Å². The highest BCUT2D eigenvalue weighted by Crippen LogP contribution is 2.63. The Labute approximate surface area is 138 Å². The highest BCUT2D eigenvalue weighted by Gasteiger charge is 2.72. The predicted octanol–water partition coefficient (Wildman–Crippen LogP) is 2.07. The molecule has 1 aromatic rings. The standard InChI is InChI=1S/C16H23NO3S2/c1-4-11-6-8-12(9-7-11)13-14(22(18,19)5-2)16(13,10-20-3)15(17)21/h6-9,13-14H,4-5,10H2,1-3H3,(H2,17,21)/t13-,14-,16+/m1/s1. The monoisotopic (exact) mass is 341 g/mol. The molecule has 4 nitrogen and oxygen atoms in total. The predicted molar refractivity (Wildman–Crippen MR) is 92.9 cm³/mol. The average molecular weight is 341 g/mol. The van der Waals surface area contributed by atoms with Gasteiger partial charge in [0.2, 0.25) is 0 Å². The first kappa shape index (κ1) is 17.4. The number of thiocarbonyl (C=S) groups is 1. The Morgan fingerprint density at radius 3 is 2.32 bits per heavy atom. The summed E-state index contributed by atoms with van der Waals surface area (Å²) in [6.45, 7) is 3.97. The molecule has 0 spiro atoms. The van der Waals surface area contributed by atoms with Crippen molar-refractivity contribution in [3.05, 3.63) is 35.4 Å². The van der Waals surface area contributed by atoms with Crippen LogP contribution in [0.15, 0.2) is 24.3 Å². The molecule has 6 heteroatoms. The zero-order valence-corrected chi connectivity index (χ0v) is 14.8. The van der Waals surface area contributed by atoms with Gasteiger partial charge in [0.1, 0.15) is 0 Å². The van der Waals surface area contributed by atoms with E-state index in [2.05, 4.69) is 6.92 Å². The van der Waals surface area contributed by atoms with Gasteiger partial charge in [0.05, 0.1) is 22.3 Å². The highest BCUT2D eigenvalue weighted by atomic mass is 32.2. The van der Waals surface area contributed by atoms with E-state index in [-0.39, 0.29) is 23.3 Å². The van der Waals surface area contributed by atoms with Crippen molar-refractivity contribution in [1.82, 2.24) is 0 Å². The molecule has 22 heavy (non-hydrogen) atoms. The summed E-state index contributed by atoms with van der Waals surface area (Å²) >= 11 is 5.21. The van der Waals surface area contributed by atoms with Gasteiger partial charge >= 0.3 is 0 Å². The number of sulfone groups is 1. The second kappa shape index (κ2) is 6.26. The van der Waals surface area contributed by atoms with Crippen molar-refractivity contribution in [3.63, 3.8) is 0 Å². The first-order valence-electron chi connectivity index (χ1n) is 7.44. The molecular weight excluding hydrogens is 318 g/mol. The summed E-state index contributed by atoms with van der Waals surface area (Å²) in [5.41, 5.74) is 7.32. The molecule has 0 radical (unpaired) electrons. The fourth-order valence-corrected chi connectivity index (χ4v) is 5.79. The van der Waals surface area contributed by atoms with Crippen molar-refractivity contribution < 1.29 is 13.2 Å². The van der Waals surface area contributed by atoms with Gasteiger partial charge in [-0.1, -0.05) is 50.3 Å². The van der Waals surface area contributed by atoms with Crippen LogP contribution in [0.3, 0.4) is 0 Å². The summed E-state index contributed by atoms with van der Waals surface area (Å²) in [5.74, 6) is -0.143. The maximum absolute atomic E-state index is 12.5. The van der Waals surface area contributed by atoms with Crippen molar-refractivity contribution in [2.24, 2.45) is 11.1 Å². The number of nitrogens with two attached hydrogens (primary N) is 1. The van der Waals surface area contributed by atoms with Crippen LogP contribution < -0.4 is 5.73 Å². The molecule has 2 rings (SSSR count). The normalized spacial score (nSPS) is 27.6. The van der Waals surface area contributed by atoms with Gasteiger partial charge in [0.15, 0.2) is 9.84 Å². The third-order valence-corrected chi connectivity index (χ3v) is 7.29. The van der Waals surface area contributed by atoms with Gasteiger partial charge in [-0.05, 0) is 17.5 Å². The molecule has 1 aliphatic carbocycles. The zero-order chi connectivity index (χ0) is 16.5. The quantitative estimate of drug-likeness (QED) is 0.769. The van der Waals surface area contributed by atoms with E-state index >= 15 is 0 Å². The van der Waals surface area contributed by atoms with E-state index in [4.69, 9.17) is 22.7 Å². The smallest absolute Gasteiger partial charge is 0.154 e. The van der Waals surface area contributed by atoms with Crippen LogP contribution in [0.1, 0.15) is 30.9 Å².